The van der Waals surface area contributed by atoms with Crippen LogP contribution in [0.25, 0.3) is 11.1 Å². The highest BCUT2D eigenvalue weighted by atomic mass is 19.3. The van der Waals surface area contributed by atoms with Crippen LogP contribution in [-0.2, 0) is 14.3 Å². The number of rotatable bonds is 7. The molecule has 1 heterocycles. The van der Waals surface area contributed by atoms with Gasteiger partial charge in [-0.05, 0) is 34.1 Å². The van der Waals surface area contributed by atoms with Crippen LogP contribution in [0.3, 0.4) is 0 Å². The first-order valence-electron chi connectivity index (χ1n) is 11.3. The summed E-state index contributed by atoms with van der Waals surface area (Å²) in [6.07, 6.45) is -4.53. The fourth-order valence-electron chi connectivity index (χ4n) is 5.41. The van der Waals surface area contributed by atoms with Gasteiger partial charge in [0.2, 0.25) is 5.91 Å². The highest BCUT2D eigenvalue weighted by Crippen LogP contribution is 2.51. The van der Waals surface area contributed by atoms with Gasteiger partial charge in [0.15, 0.2) is 0 Å². The van der Waals surface area contributed by atoms with Gasteiger partial charge in [-0.25, -0.2) is 13.6 Å². The maximum atomic E-state index is 13.6. The number of hydrogen-bond donors (Lipinski definition) is 2. The molecule has 2 amide bonds. The molecule has 2 N–H and O–H groups in total. The Morgan fingerprint density at radius 3 is 2.09 bits per heavy atom. The van der Waals surface area contributed by atoms with E-state index >= 15 is 0 Å². The van der Waals surface area contributed by atoms with Gasteiger partial charge in [0.1, 0.15) is 12.6 Å². The van der Waals surface area contributed by atoms with Gasteiger partial charge in [0.25, 0.3) is 6.43 Å². The second kappa shape index (κ2) is 8.70. The van der Waals surface area contributed by atoms with Crippen molar-refractivity contribution in [3.05, 3.63) is 59.7 Å². The molecule has 1 saturated heterocycles. The van der Waals surface area contributed by atoms with Gasteiger partial charge in [0, 0.05) is 19.0 Å². The fourth-order valence-corrected chi connectivity index (χ4v) is 5.41. The van der Waals surface area contributed by atoms with E-state index in [1.165, 1.54) is 4.90 Å². The fraction of sp³-hybridized carbons (Fsp3) is 0.400. The summed E-state index contributed by atoms with van der Waals surface area (Å²) in [5.41, 5.74) is 4.11. The molecule has 2 aromatic rings. The molecule has 2 aliphatic carbocycles. The second-order valence-corrected chi connectivity index (χ2v) is 9.11. The highest BCUT2D eigenvalue weighted by molar-refractivity contribution is 5.81. The van der Waals surface area contributed by atoms with E-state index in [0.29, 0.717) is 0 Å². The van der Waals surface area contributed by atoms with Crippen molar-refractivity contribution >= 4 is 18.0 Å². The monoisotopic (exact) mass is 470 g/mol. The predicted molar refractivity (Wildman–Crippen MR) is 117 cm³/mol. The van der Waals surface area contributed by atoms with E-state index in [4.69, 9.17) is 9.84 Å². The lowest BCUT2D eigenvalue weighted by atomic mass is 9.98. The third-order valence-electron chi connectivity index (χ3n) is 7.18. The third kappa shape index (κ3) is 3.99. The van der Waals surface area contributed by atoms with Crippen LogP contribution in [0, 0.1) is 17.8 Å². The molecule has 1 aliphatic heterocycles. The molecule has 0 spiro atoms. The van der Waals surface area contributed by atoms with Crippen molar-refractivity contribution in [2.24, 2.45) is 17.8 Å². The molecule has 178 valence electrons. The first-order valence-corrected chi connectivity index (χ1v) is 11.3. The number of nitrogens with zero attached hydrogens (tertiary/aromatic N) is 1. The summed E-state index contributed by atoms with van der Waals surface area (Å²) in [4.78, 5) is 37.3. The number of hydrogen-bond acceptors (Lipinski definition) is 4. The van der Waals surface area contributed by atoms with Crippen molar-refractivity contribution in [3.8, 4) is 11.1 Å². The van der Waals surface area contributed by atoms with Crippen LogP contribution in [0.5, 0.6) is 0 Å². The summed E-state index contributed by atoms with van der Waals surface area (Å²) in [7, 11) is 0. The molecule has 2 fully saturated rings. The number of nitrogens with one attached hydrogen (secondary N) is 1. The molecular formula is C25H24F2N2O5. The standard InChI is InChI=1S/C25H24F2N2O5/c26-23(27)20(9-21(30)29-10-17-18(11-29)22(17)24(31)32)28-25(33)34-12-19-15-7-3-1-5-13(15)14-6-2-4-8-16(14)19/h1-8,17-20,22-23H,9-12H2,(H,28,33)(H,31,32). The number of alkyl carbamates (subject to hydrolysis) is 1. The van der Waals surface area contributed by atoms with Crippen molar-refractivity contribution < 1.29 is 33.0 Å². The molecule has 0 aromatic heterocycles. The largest absolute Gasteiger partial charge is 0.481 e. The van der Waals surface area contributed by atoms with Gasteiger partial charge in [-0.1, -0.05) is 48.5 Å². The molecule has 34 heavy (non-hydrogen) atoms. The molecule has 2 aromatic carbocycles. The molecule has 0 bridgehead atoms. The van der Waals surface area contributed by atoms with E-state index in [1.54, 1.807) is 0 Å². The summed E-state index contributed by atoms with van der Waals surface area (Å²) in [6.45, 7) is 0.485. The number of ether oxygens (including phenoxy) is 1. The minimum Gasteiger partial charge on any atom is -0.481 e. The van der Waals surface area contributed by atoms with Crippen LogP contribution >= 0.6 is 0 Å². The first-order chi connectivity index (χ1) is 16.3. The zero-order valence-corrected chi connectivity index (χ0v) is 18.2. The number of carboxylic acid groups (broad SMARTS) is 1. The number of likely N-dealkylation sites (tertiary alicyclic amines) is 1. The quantitative estimate of drug-likeness (QED) is 0.647. The lowest BCUT2D eigenvalue weighted by molar-refractivity contribution is -0.141. The van der Waals surface area contributed by atoms with E-state index < -0.39 is 42.8 Å². The summed E-state index contributed by atoms with van der Waals surface area (Å²) in [5, 5.41) is 11.2. The summed E-state index contributed by atoms with van der Waals surface area (Å²) < 4.78 is 32.5. The Hall–Kier alpha value is -3.49. The Bertz CT molecular complexity index is 1080. The summed E-state index contributed by atoms with van der Waals surface area (Å²) >= 11 is 0. The van der Waals surface area contributed by atoms with Gasteiger partial charge in [-0.2, -0.15) is 0 Å². The van der Waals surface area contributed by atoms with Crippen molar-refractivity contribution in [2.45, 2.75) is 24.8 Å². The Morgan fingerprint density at radius 2 is 1.56 bits per heavy atom. The number of halogens is 2. The van der Waals surface area contributed by atoms with Gasteiger partial charge < -0.3 is 20.1 Å². The maximum Gasteiger partial charge on any atom is 0.407 e. The minimum absolute atomic E-state index is 0.0180. The molecule has 3 atom stereocenters. The number of carboxylic acids is 1. The average molecular weight is 470 g/mol. The zero-order chi connectivity index (χ0) is 24.0. The normalized spacial score (nSPS) is 23.1. The summed E-state index contributed by atoms with van der Waals surface area (Å²) in [6, 6.07) is 13.9. The first kappa shape index (κ1) is 22.3. The Balaban J connectivity index is 1.17. The third-order valence-corrected chi connectivity index (χ3v) is 7.18. The lowest BCUT2D eigenvalue weighted by Crippen LogP contribution is -2.45. The number of carbonyl (C=O) groups is 3. The van der Waals surface area contributed by atoms with E-state index in [1.807, 2.05) is 48.5 Å². The van der Waals surface area contributed by atoms with E-state index in [0.717, 1.165) is 22.3 Å². The topological polar surface area (TPSA) is 95.9 Å². The van der Waals surface area contributed by atoms with Gasteiger partial charge >= 0.3 is 12.1 Å². The molecule has 9 heteroatoms. The van der Waals surface area contributed by atoms with Gasteiger partial charge in [0.05, 0.1) is 12.3 Å². The van der Waals surface area contributed by atoms with Crippen molar-refractivity contribution in [1.82, 2.24) is 10.2 Å². The number of aliphatic carboxylic acids is 1. The number of alkyl halides is 2. The number of amides is 2. The molecule has 7 nitrogen and oxygen atoms in total. The van der Waals surface area contributed by atoms with Crippen LogP contribution in [0.2, 0.25) is 0 Å². The van der Waals surface area contributed by atoms with Gasteiger partial charge in [-0.15, -0.1) is 0 Å². The number of benzene rings is 2. The zero-order valence-electron chi connectivity index (χ0n) is 18.2. The smallest absolute Gasteiger partial charge is 0.407 e. The molecular weight excluding hydrogens is 446 g/mol. The van der Waals surface area contributed by atoms with E-state index in [-0.39, 0.29) is 37.5 Å². The maximum absolute atomic E-state index is 13.6. The van der Waals surface area contributed by atoms with Crippen LogP contribution in [-0.4, -0.2) is 60.1 Å². The lowest BCUT2D eigenvalue weighted by Gasteiger charge is -2.23. The Labute approximate surface area is 194 Å². The van der Waals surface area contributed by atoms with Crippen LogP contribution < -0.4 is 5.32 Å². The molecule has 5 rings (SSSR count). The van der Waals surface area contributed by atoms with Crippen LogP contribution in [0.1, 0.15) is 23.5 Å². The molecule has 3 unspecified atom stereocenters. The van der Waals surface area contributed by atoms with Crippen molar-refractivity contribution in [1.29, 1.82) is 0 Å². The van der Waals surface area contributed by atoms with E-state index in [9.17, 15) is 23.2 Å². The van der Waals surface area contributed by atoms with Crippen LogP contribution in [0.4, 0.5) is 13.6 Å². The predicted octanol–water partition coefficient (Wildman–Crippen LogP) is 3.34. The van der Waals surface area contributed by atoms with Gasteiger partial charge in [-0.3, -0.25) is 9.59 Å². The SMILES string of the molecule is O=C(NC(CC(=O)N1CC2C(C1)C2C(=O)O)C(F)F)OCC1c2ccccc2-c2ccccc21. The number of carbonyl (C=O) groups excluding carboxylic acids is 2. The highest BCUT2D eigenvalue weighted by Gasteiger charge is 2.60. The van der Waals surface area contributed by atoms with Crippen molar-refractivity contribution in [2.75, 3.05) is 19.7 Å². The molecule has 3 aliphatic rings. The van der Waals surface area contributed by atoms with Crippen molar-refractivity contribution in [3.63, 3.8) is 0 Å². The molecule has 1 saturated carbocycles. The number of fused-ring (bicyclic) bond motifs is 4. The Morgan fingerprint density at radius 1 is 1.00 bits per heavy atom. The molecule has 0 radical (unpaired) electrons. The minimum atomic E-state index is -2.95. The Kier molecular flexibility index (Phi) is 5.71. The number of piperidine rings is 1. The summed E-state index contributed by atoms with van der Waals surface area (Å²) in [5.74, 6) is -2.29. The second-order valence-electron chi connectivity index (χ2n) is 9.11. The van der Waals surface area contributed by atoms with Crippen LogP contribution in [0.15, 0.2) is 48.5 Å². The average Bonchev–Trinajstić information content (AvgIpc) is 3.17. The van der Waals surface area contributed by atoms with E-state index in [2.05, 4.69) is 5.32 Å².